The molecule has 0 aromatic carbocycles. The number of carbonyl (C=O) groups is 2. The fourth-order valence-corrected chi connectivity index (χ4v) is 2.38. The summed E-state index contributed by atoms with van der Waals surface area (Å²) in [6, 6.07) is -0.140. The van der Waals surface area contributed by atoms with Crippen molar-refractivity contribution in [2.45, 2.75) is 44.7 Å². The average Bonchev–Trinajstić information content (AvgIpc) is 2.43. The summed E-state index contributed by atoms with van der Waals surface area (Å²) in [6.45, 7) is 1.68. The van der Waals surface area contributed by atoms with Crippen LogP contribution >= 0.6 is 0 Å². The second kappa shape index (κ2) is 3.77. The number of nitrogens with two attached hydrogens (primary N) is 1. The van der Waals surface area contributed by atoms with Crippen LogP contribution in [-0.4, -0.2) is 28.8 Å². The second-order valence-corrected chi connectivity index (χ2v) is 4.36. The highest BCUT2D eigenvalue weighted by Gasteiger charge is 2.38. The molecule has 0 radical (unpaired) electrons. The van der Waals surface area contributed by atoms with Gasteiger partial charge in [-0.2, -0.15) is 0 Å². The van der Waals surface area contributed by atoms with E-state index in [0.717, 1.165) is 25.7 Å². The Labute approximate surface area is 89.1 Å². The summed E-state index contributed by atoms with van der Waals surface area (Å²) < 4.78 is 0. The van der Waals surface area contributed by atoms with Crippen molar-refractivity contribution in [2.75, 3.05) is 0 Å². The van der Waals surface area contributed by atoms with E-state index < -0.39 is 0 Å². The van der Waals surface area contributed by atoms with Gasteiger partial charge in [-0.15, -0.1) is 0 Å². The first-order valence-corrected chi connectivity index (χ1v) is 5.42. The van der Waals surface area contributed by atoms with E-state index in [-0.39, 0.29) is 23.9 Å². The van der Waals surface area contributed by atoms with Crippen molar-refractivity contribution in [2.24, 2.45) is 5.73 Å². The fraction of sp³-hybridized carbons (Fsp3) is 0.636. The van der Waals surface area contributed by atoms with E-state index in [4.69, 9.17) is 5.73 Å². The van der Waals surface area contributed by atoms with Gasteiger partial charge in [0.05, 0.1) is 6.04 Å². The fourth-order valence-electron chi connectivity index (χ4n) is 2.38. The Kier molecular flexibility index (Phi) is 2.61. The predicted octanol–water partition coefficient (Wildman–Crippen LogP) is 0.571. The maximum Gasteiger partial charge on any atom is 0.256 e. The van der Waals surface area contributed by atoms with Crippen molar-refractivity contribution in [3.8, 4) is 0 Å². The highest BCUT2D eigenvalue weighted by molar-refractivity contribution is 6.16. The number of nitrogens with zero attached hydrogens (tertiary/aromatic N) is 1. The molecular formula is C11H16N2O2. The smallest absolute Gasteiger partial charge is 0.256 e. The number of rotatable bonds is 1. The minimum absolute atomic E-state index is 0.0500. The summed E-state index contributed by atoms with van der Waals surface area (Å²) in [7, 11) is 0. The average molecular weight is 208 g/mol. The highest BCUT2D eigenvalue weighted by Crippen LogP contribution is 2.26. The van der Waals surface area contributed by atoms with Crippen molar-refractivity contribution < 1.29 is 9.59 Å². The van der Waals surface area contributed by atoms with Gasteiger partial charge in [0.25, 0.3) is 11.8 Å². The molecule has 2 atom stereocenters. The molecule has 0 bridgehead atoms. The van der Waals surface area contributed by atoms with Gasteiger partial charge in [-0.3, -0.25) is 14.5 Å². The van der Waals surface area contributed by atoms with Crippen LogP contribution < -0.4 is 5.73 Å². The topological polar surface area (TPSA) is 63.4 Å². The molecule has 4 nitrogen and oxygen atoms in total. The van der Waals surface area contributed by atoms with E-state index in [1.807, 2.05) is 0 Å². The molecule has 1 aliphatic heterocycles. The Morgan fingerprint density at radius 1 is 1.33 bits per heavy atom. The minimum atomic E-state index is -0.195. The lowest BCUT2D eigenvalue weighted by atomic mass is 9.90. The van der Waals surface area contributed by atoms with Crippen LogP contribution in [0.3, 0.4) is 0 Å². The molecule has 0 aromatic rings. The molecule has 2 amide bonds. The molecule has 82 valence electrons. The third kappa shape index (κ3) is 1.69. The van der Waals surface area contributed by atoms with Crippen LogP contribution in [0.5, 0.6) is 0 Å². The van der Waals surface area contributed by atoms with E-state index in [1.54, 1.807) is 6.92 Å². The molecule has 2 unspecified atom stereocenters. The van der Waals surface area contributed by atoms with Crippen LogP contribution in [0.2, 0.25) is 0 Å². The van der Waals surface area contributed by atoms with Gasteiger partial charge >= 0.3 is 0 Å². The molecule has 1 saturated carbocycles. The molecule has 1 heterocycles. The summed E-state index contributed by atoms with van der Waals surface area (Å²) in [4.78, 5) is 24.7. The number of amides is 2. The molecule has 4 heteroatoms. The van der Waals surface area contributed by atoms with Gasteiger partial charge in [0.2, 0.25) is 0 Å². The van der Waals surface area contributed by atoms with Gasteiger partial charge in [0, 0.05) is 17.7 Å². The molecular weight excluding hydrogens is 192 g/mol. The normalized spacial score (nSPS) is 32.1. The van der Waals surface area contributed by atoms with E-state index in [0.29, 0.717) is 5.57 Å². The van der Waals surface area contributed by atoms with Crippen LogP contribution in [0.15, 0.2) is 11.6 Å². The van der Waals surface area contributed by atoms with Crippen molar-refractivity contribution in [3.05, 3.63) is 11.6 Å². The van der Waals surface area contributed by atoms with E-state index in [1.165, 1.54) is 11.0 Å². The number of hydrogen-bond donors (Lipinski definition) is 1. The monoisotopic (exact) mass is 208 g/mol. The van der Waals surface area contributed by atoms with Gasteiger partial charge in [-0.25, -0.2) is 0 Å². The molecule has 0 spiro atoms. The van der Waals surface area contributed by atoms with Crippen LogP contribution in [0, 0.1) is 0 Å². The largest absolute Gasteiger partial charge is 0.326 e. The Balaban J connectivity index is 2.17. The number of hydrogen-bond acceptors (Lipinski definition) is 3. The summed E-state index contributed by atoms with van der Waals surface area (Å²) in [5, 5.41) is 0. The van der Waals surface area contributed by atoms with Gasteiger partial charge in [-0.1, -0.05) is 12.8 Å². The summed E-state index contributed by atoms with van der Waals surface area (Å²) in [5.41, 5.74) is 6.49. The molecule has 2 aliphatic rings. The number of imide groups is 1. The maximum atomic E-state index is 11.7. The van der Waals surface area contributed by atoms with Crippen molar-refractivity contribution in [3.63, 3.8) is 0 Å². The van der Waals surface area contributed by atoms with E-state index in [9.17, 15) is 9.59 Å². The Bertz CT molecular complexity index is 335. The minimum Gasteiger partial charge on any atom is -0.326 e. The van der Waals surface area contributed by atoms with Crippen molar-refractivity contribution in [1.29, 1.82) is 0 Å². The van der Waals surface area contributed by atoms with Gasteiger partial charge in [-0.05, 0) is 19.8 Å². The molecule has 1 aliphatic carbocycles. The maximum absolute atomic E-state index is 11.7. The van der Waals surface area contributed by atoms with Gasteiger partial charge in [0.1, 0.15) is 0 Å². The molecule has 0 aromatic heterocycles. The SMILES string of the molecule is CC1=CC(=O)N(C2CCCCC2N)C1=O. The van der Waals surface area contributed by atoms with E-state index in [2.05, 4.69) is 0 Å². The first-order chi connectivity index (χ1) is 7.11. The Morgan fingerprint density at radius 3 is 2.53 bits per heavy atom. The third-order valence-corrected chi connectivity index (χ3v) is 3.25. The zero-order chi connectivity index (χ0) is 11.0. The Hall–Kier alpha value is -1.16. The lowest BCUT2D eigenvalue weighted by Crippen LogP contribution is -2.52. The zero-order valence-corrected chi connectivity index (χ0v) is 8.90. The zero-order valence-electron chi connectivity index (χ0n) is 8.90. The van der Waals surface area contributed by atoms with Crippen LogP contribution in [0.4, 0.5) is 0 Å². The van der Waals surface area contributed by atoms with Gasteiger partial charge < -0.3 is 5.73 Å². The summed E-state index contributed by atoms with van der Waals surface area (Å²) in [5.74, 6) is -0.359. The van der Waals surface area contributed by atoms with Gasteiger partial charge in [0.15, 0.2) is 0 Å². The third-order valence-electron chi connectivity index (χ3n) is 3.25. The molecule has 15 heavy (non-hydrogen) atoms. The predicted molar refractivity (Wildman–Crippen MR) is 55.8 cm³/mol. The lowest BCUT2D eigenvalue weighted by molar-refractivity contribution is -0.141. The standard InChI is InChI=1S/C11H16N2O2/c1-7-6-10(14)13(11(7)15)9-5-3-2-4-8(9)12/h6,8-9H,2-5,12H2,1H3. The molecule has 2 N–H and O–H groups in total. The van der Waals surface area contributed by atoms with Crippen LogP contribution in [-0.2, 0) is 9.59 Å². The Morgan fingerprint density at radius 2 is 2.00 bits per heavy atom. The van der Waals surface area contributed by atoms with Crippen LogP contribution in [0.25, 0.3) is 0 Å². The van der Waals surface area contributed by atoms with Crippen molar-refractivity contribution >= 4 is 11.8 Å². The lowest BCUT2D eigenvalue weighted by Gasteiger charge is -2.34. The van der Waals surface area contributed by atoms with E-state index >= 15 is 0 Å². The first-order valence-electron chi connectivity index (χ1n) is 5.42. The summed E-state index contributed by atoms with van der Waals surface area (Å²) >= 11 is 0. The molecule has 0 saturated heterocycles. The quantitative estimate of drug-likeness (QED) is 0.641. The number of carbonyl (C=O) groups excluding carboxylic acids is 2. The second-order valence-electron chi connectivity index (χ2n) is 4.36. The first kappa shape index (κ1) is 10.4. The van der Waals surface area contributed by atoms with Crippen molar-refractivity contribution in [1.82, 2.24) is 4.90 Å². The summed E-state index contributed by atoms with van der Waals surface area (Å²) in [6.07, 6.45) is 5.30. The molecule has 1 fully saturated rings. The van der Waals surface area contributed by atoms with Crippen LogP contribution in [0.1, 0.15) is 32.6 Å². The highest BCUT2D eigenvalue weighted by atomic mass is 16.2. The molecule has 2 rings (SSSR count).